The molecule has 0 radical (unpaired) electrons. The fourth-order valence-corrected chi connectivity index (χ4v) is 3.18. The summed E-state index contributed by atoms with van der Waals surface area (Å²) in [4.78, 5) is 2.12. The van der Waals surface area contributed by atoms with Crippen molar-refractivity contribution in [2.24, 2.45) is 0 Å². The third-order valence-corrected chi connectivity index (χ3v) is 4.01. The van der Waals surface area contributed by atoms with Crippen LogP contribution in [0.25, 0.3) is 0 Å². The molecule has 1 heterocycles. The number of nitrogens with zero attached hydrogens (tertiary/aromatic N) is 1. The minimum Gasteiger partial charge on any atom is -0.378 e. The SMILES string of the molecule is O=S(=O)(Cl)Cc1ccc(N2CCOCC2)c(Cl)c1. The van der Waals surface area contributed by atoms with Crippen molar-refractivity contribution in [3.63, 3.8) is 0 Å². The van der Waals surface area contributed by atoms with Crippen molar-refractivity contribution >= 4 is 37.0 Å². The number of hydrogen-bond donors (Lipinski definition) is 0. The van der Waals surface area contributed by atoms with Gasteiger partial charge >= 0.3 is 0 Å². The maximum absolute atomic E-state index is 11.0. The molecule has 1 aliphatic rings. The third-order valence-electron chi connectivity index (χ3n) is 2.70. The molecule has 1 aromatic rings. The third kappa shape index (κ3) is 3.75. The minimum absolute atomic E-state index is 0.211. The van der Waals surface area contributed by atoms with Crippen molar-refractivity contribution in [2.45, 2.75) is 5.75 Å². The van der Waals surface area contributed by atoms with Gasteiger partial charge in [0.2, 0.25) is 9.05 Å². The molecular weight excluding hydrogens is 297 g/mol. The number of benzene rings is 1. The van der Waals surface area contributed by atoms with E-state index in [0.29, 0.717) is 23.8 Å². The van der Waals surface area contributed by atoms with Gasteiger partial charge in [-0.1, -0.05) is 17.7 Å². The first-order valence-corrected chi connectivity index (χ1v) is 8.35. The molecule has 2 rings (SSSR count). The average molecular weight is 310 g/mol. The normalized spacial score (nSPS) is 16.9. The van der Waals surface area contributed by atoms with Crippen molar-refractivity contribution in [3.05, 3.63) is 28.8 Å². The van der Waals surface area contributed by atoms with Crippen LogP contribution in [0.15, 0.2) is 18.2 Å². The summed E-state index contributed by atoms with van der Waals surface area (Å²) in [5.74, 6) is -0.211. The van der Waals surface area contributed by atoms with E-state index < -0.39 is 9.05 Å². The molecule has 0 amide bonds. The lowest BCUT2D eigenvalue weighted by Crippen LogP contribution is -2.36. The smallest absolute Gasteiger partial charge is 0.236 e. The van der Waals surface area contributed by atoms with Gasteiger partial charge in [-0.15, -0.1) is 0 Å². The summed E-state index contributed by atoms with van der Waals surface area (Å²) < 4.78 is 27.3. The number of halogens is 2. The summed E-state index contributed by atoms with van der Waals surface area (Å²) in [6.07, 6.45) is 0. The summed E-state index contributed by atoms with van der Waals surface area (Å²) in [6, 6.07) is 5.20. The van der Waals surface area contributed by atoms with Crippen LogP contribution in [-0.4, -0.2) is 34.7 Å². The highest BCUT2D eigenvalue weighted by Gasteiger charge is 2.15. The highest BCUT2D eigenvalue weighted by molar-refractivity contribution is 8.13. The highest BCUT2D eigenvalue weighted by Crippen LogP contribution is 2.28. The molecule has 0 atom stereocenters. The molecule has 100 valence electrons. The van der Waals surface area contributed by atoms with Crippen molar-refractivity contribution in [1.29, 1.82) is 0 Å². The second kappa shape index (κ2) is 5.65. The quantitative estimate of drug-likeness (QED) is 0.803. The highest BCUT2D eigenvalue weighted by atomic mass is 35.7. The Balaban J connectivity index is 2.19. The Morgan fingerprint density at radius 3 is 2.50 bits per heavy atom. The zero-order valence-electron chi connectivity index (χ0n) is 9.60. The van der Waals surface area contributed by atoms with Crippen molar-refractivity contribution in [2.75, 3.05) is 31.2 Å². The molecule has 0 bridgehead atoms. The predicted molar refractivity (Wildman–Crippen MR) is 73.0 cm³/mol. The molecule has 0 spiro atoms. The van der Waals surface area contributed by atoms with Crippen LogP contribution in [0.2, 0.25) is 5.02 Å². The molecule has 0 unspecified atom stereocenters. The second-order valence-electron chi connectivity index (χ2n) is 4.07. The van der Waals surface area contributed by atoms with Gasteiger partial charge in [0.15, 0.2) is 0 Å². The van der Waals surface area contributed by atoms with Crippen molar-refractivity contribution in [1.82, 2.24) is 0 Å². The fraction of sp³-hybridized carbons (Fsp3) is 0.455. The molecule has 0 aromatic heterocycles. The monoisotopic (exact) mass is 309 g/mol. The molecule has 1 aromatic carbocycles. The van der Waals surface area contributed by atoms with Crippen LogP contribution in [0.5, 0.6) is 0 Å². The van der Waals surface area contributed by atoms with E-state index in [4.69, 9.17) is 27.0 Å². The Morgan fingerprint density at radius 2 is 1.94 bits per heavy atom. The fourth-order valence-electron chi connectivity index (χ4n) is 1.90. The van der Waals surface area contributed by atoms with E-state index in [9.17, 15) is 8.42 Å². The average Bonchev–Trinajstić information content (AvgIpc) is 2.28. The van der Waals surface area contributed by atoms with Gasteiger partial charge in [-0.2, -0.15) is 0 Å². The number of hydrogen-bond acceptors (Lipinski definition) is 4. The number of ether oxygens (including phenoxy) is 1. The lowest BCUT2D eigenvalue weighted by atomic mass is 10.2. The van der Waals surface area contributed by atoms with Crippen LogP contribution < -0.4 is 4.90 Å². The molecule has 4 nitrogen and oxygen atoms in total. The van der Waals surface area contributed by atoms with Gasteiger partial charge in [-0.25, -0.2) is 8.42 Å². The van der Waals surface area contributed by atoms with Crippen LogP contribution in [-0.2, 0) is 19.5 Å². The van der Waals surface area contributed by atoms with Gasteiger partial charge in [0.05, 0.1) is 29.7 Å². The zero-order chi connectivity index (χ0) is 13.2. The maximum Gasteiger partial charge on any atom is 0.236 e. The van der Waals surface area contributed by atoms with Gasteiger partial charge in [-0.3, -0.25) is 0 Å². The second-order valence-corrected chi connectivity index (χ2v) is 7.25. The minimum atomic E-state index is -3.55. The summed E-state index contributed by atoms with van der Waals surface area (Å²) in [7, 11) is 1.66. The molecule has 0 aliphatic carbocycles. The van der Waals surface area contributed by atoms with Crippen LogP contribution in [0.4, 0.5) is 5.69 Å². The first-order valence-electron chi connectivity index (χ1n) is 5.49. The van der Waals surface area contributed by atoms with Gasteiger partial charge < -0.3 is 9.64 Å². The van der Waals surface area contributed by atoms with E-state index in [2.05, 4.69) is 4.90 Å². The summed E-state index contributed by atoms with van der Waals surface area (Å²) in [5, 5.41) is 0.537. The molecular formula is C11H13Cl2NO3S. The summed E-state index contributed by atoms with van der Waals surface area (Å²) >= 11 is 6.17. The zero-order valence-corrected chi connectivity index (χ0v) is 11.9. The first kappa shape index (κ1) is 13.9. The van der Waals surface area contributed by atoms with Crippen LogP contribution in [0.1, 0.15) is 5.56 Å². The van der Waals surface area contributed by atoms with E-state index >= 15 is 0 Å². The topological polar surface area (TPSA) is 46.6 Å². The van der Waals surface area contributed by atoms with Crippen LogP contribution in [0, 0.1) is 0 Å². The molecule has 1 saturated heterocycles. The Labute approximate surface area is 116 Å². The molecule has 0 N–H and O–H groups in total. The van der Waals surface area contributed by atoms with Gasteiger partial charge in [0, 0.05) is 23.8 Å². The van der Waals surface area contributed by atoms with Gasteiger partial charge in [0.1, 0.15) is 0 Å². The van der Waals surface area contributed by atoms with E-state index in [-0.39, 0.29) is 5.75 Å². The molecule has 1 fully saturated rings. The van der Waals surface area contributed by atoms with E-state index in [1.807, 2.05) is 6.07 Å². The predicted octanol–water partition coefficient (Wildman–Crippen LogP) is 2.25. The standard InChI is InChI=1S/C11H13Cl2NO3S/c12-10-7-9(8-18(13,15)16)1-2-11(10)14-3-5-17-6-4-14/h1-2,7H,3-6,8H2. The number of rotatable bonds is 3. The Morgan fingerprint density at radius 1 is 1.28 bits per heavy atom. The lowest BCUT2D eigenvalue weighted by Gasteiger charge is -2.29. The van der Waals surface area contributed by atoms with Crippen LogP contribution in [0.3, 0.4) is 0 Å². The van der Waals surface area contributed by atoms with Gasteiger partial charge in [-0.05, 0) is 17.7 Å². The Bertz CT molecular complexity index is 527. The van der Waals surface area contributed by atoms with Crippen molar-refractivity contribution in [3.8, 4) is 0 Å². The molecule has 0 saturated carbocycles. The van der Waals surface area contributed by atoms with E-state index in [1.54, 1.807) is 12.1 Å². The largest absolute Gasteiger partial charge is 0.378 e. The van der Waals surface area contributed by atoms with E-state index in [0.717, 1.165) is 18.8 Å². The molecule has 7 heteroatoms. The molecule has 18 heavy (non-hydrogen) atoms. The van der Waals surface area contributed by atoms with E-state index in [1.165, 1.54) is 0 Å². The first-order chi connectivity index (χ1) is 8.46. The number of anilines is 1. The molecule has 1 aliphatic heterocycles. The lowest BCUT2D eigenvalue weighted by molar-refractivity contribution is 0.122. The van der Waals surface area contributed by atoms with Crippen LogP contribution >= 0.6 is 22.3 Å². The summed E-state index contributed by atoms with van der Waals surface area (Å²) in [5.41, 5.74) is 1.49. The Hall–Kier alpha value is -0.490. The maximum atomic E-state index is 11.0. The van der Waals surface area contributed by atoms with Crippen molar-refractivity contribution < 1.29 is 13.2 Å². The Kier molecular flexibility index (Phi) is 4.37. The van der Waals surface area contributed by atoms with Gasteiger partial charge in [0.25, 0.3) is 0 Å². The summed E-state index contributed by atoms with van der Waals surface area (Å²) in [6.45, 7) is 2.92. The number of morpholine rings is 1.